The van der Waals surface area contributed by atoms with Crippen LogP contribution < -0.4 is 16.0 Å². The van der Waals surface area contributed by atoms with Crippen LogP contribution in [0.15, 0.2) is 54.6 Å². The lowest BCUT2D eigenvalue weighted by Crippen LogP contribution is -2.50. The van der Waals surface area contributed by atoms with Crippen molar-refractivity contribution in [3.63, 3.8) is 0 Å². The van der Waals surface area contributed by atoms with Crippen molar-refractivity contribution in [2.24, 2.45) is 5.92 Å². The molecule has 1 unspecified atom stereocenters. The highest BCUT2D eigenvalue weighted by molar-refractivity contribution is 5.93. The molecular weight excluding hydrogens is 328 g/mol. The molecule has 0 spiro atoms. The Morgan fingerprint density at radius 3 is 2.27 bits per heavy atom. The quantitative estimate of drug-likeness (QED) is 0.747. The molecule has 2 aromatic carbocycles. The molecule has 3 N–H and O–H groups in total. The summed E-state index contributed by atoms with van der Waals surface area (Å²) in [5.74, 6) is -0.329. The maximum Gasteiger partial charge on any atom is 0.319 e. The third-order valence-corrected chi connectivity index (χ3v) is 3.82. The summed E-state index contributed by atoms with van der Waals surface area (Å²) in [7, 11) is 0. The molecule has 26 heavy (non-hydrogen) atoms. The van der Waals surface area contributed by atoms with Crippen LogP contribution in [0.25, 0.3) is 0 Å². The Morgan fingerprint density at radius 1 is 1.04 bits per heavy atom. The van der Waals surface area contributed by atoms with Gasteiger partial charge in [0.1, 0.15) is 6.04 Å². The van der Waals surface area contributed by atoms with Crippen molar-refractivity contribution in [2.45, 2.75) is 26.4 Å². The van der Waals surface area contributed by atoms with Gasteiger partial charge in [-0.3, -0.25) is 4.79 Å². The number of amides is 3. The van der Waals surface area contributed by atoms with E-state index in [0.29, 0.717) is 17.8 Å². The lowest BCUT2D eigenvalue weighted by molar-refractivity contribution is -0.124. The normalized spacial score (nSPS) is 11.3. The zero-order valence-corrected chi connectivity index (χ0v) is 14.8. The summed E-state index contributed by atoms with van der Waals surface area (Å²) in [6, 6.07) is 17.0. The predicted molar refractivity (Wildman–Crippen MR) is 100 cm³/mol. The summed E-state index contributed by atoms with van der Waals surface area (Å²) < 4.78 is 0. The third kappa shape index (κ3) is 5.64. The number of anilines is 1. The molecule has 1 atom stereocenters. The van der Waals surface area contributed by atoms with Crippen LogP contribution >= 0.6 is 0 Å². The van der Waals surface area contributed by atoms with Crippen molar-refractivity contribution >= 4 is 17.6 Å². The Bertz CT molecular complexity index is 780. The topological polar surface area (TPSA) is 94.0 Å². The predicted octanol–water partition coefficient (Wildman–Crippen LogP) is 3.02. The van der Waals surface area contributed by atoms with Gasteiger partial charge in [0, 0.05) is 12.2 Å². The van der Waals surface area contributed by atoms with Crippen molar-refractivity contribution in [3.05, 3.63) is 65.7 Å². The monoisotopic (exact) mass is 350 g/mol. The number of carbonyl (C=O) groups is 2. The molecule has 0 aliphatic carbocycles. The first-order valence-electron chi connectivity index (χ1n) is 8.39. The molecule has 6 heteroatoms. The van der Waals surface area contributed by atoms with Crippen molar-refractivity contribution in [2.75, 3.05) is 5.32 Å². The first-order chi connectivity index (χ1) is 12.5. The van der Waals surface area contributed by atoms with E-state index < -0.39 is 12.1 Å². The SMILES string of the molecule is CC(C)C(NC(=O)Nc1ccccc1)C(=O)NCc1ccc(C#N)cc1. The second-order valence-corrected chi connectivity index (χ2v) is 6.21. The van der Waals surface area contributed by atoms with Crippen LogP contribution in [0.4, 0.5) is 10.5 Å². The number of hydrogen-bond donors (Lipinski definition) is 3. The number of nitriles is 1. The third-order valence-electron chi connectivity index (χ3n) is 3.82. The summed E-state index contributed by atoms with van der Waals surface area (Å²) in [6.07, 6.45) is 0. The molecule has 0 aromatic heterocycles. The van der Waals surface area contributed by atoms with Gasteiger partial charge in [0.15, 0.2) is 0 Å². The molecule has 0 saturated heterocycles. The van der Waals surface area contributed by atoms with Crippen LogP contribution in [0, 0.1) is 17.2 Å². The maximum atomic E-state index is 12.5. The highest BCUT2D eigenvalue weighted by Crippen LogP contribution is 2.08. The maximum absolute atomic E-state index is 12.5. The fourth-order valence-electron chi connectivity index (χ4n) is 2.36. The van der Waals surface area contributed by atoms with Crippen LogP contribution in [0.5, 0.6) is 0 Å². The lowest BCUT2D eigenvalue weighted by Gasteiger charge is -2.22. The van der Waals surface area contributed by atoms with Crippen LogP contribution in [-0.4, -0.2) is 18.0 Å². The fraction of sp³-hybridized carbons (Fsp3) is 0.250. The molecular formula is C20H22N4O2. The van der Waals surface area contributed by atoms with E-state index in [9.17, 15) is 9.59 Å². The van der Waals surface area contributed by atoms with Crippen LogP contribution in [0.1, 0.15) is 25.0 Å². The minimum absolute atomic E-state index is 0.0718. The summed E-state index contributed by atoms with van der Waals surface area (Å²) in [5, 5.41) is 17.0. The molecule has 0 saturated carbocycles. The molecule has 0 bridgehead atoms. The van der Waals surface area contributed by atoms with Crippen molar-refractivity contribution in [3.8, 4) is 6.07 Å². The molecule has 134 valence electrons. The van der Waals surface area contributed by atoms with Gasteiger partial charge in [-0.25, -0.2) is 4.79 Å². The van der Waals surface area contributed by atoms with E-state index in [4.69, 9.17) is 5.26 Å². The molecule has 2 aromatic rings. The zero-order valence-electron chi connectivity index (χ0n) is 14.8. The minimum Gasteiger partial charge on any atom is -0.350 e. The van der Waals surface area contributed by atoms with Crippen LogP contribution in [-0.2, 0) is 11.3 Å². The number of benzene rings is 2. The summed E-state index contributed by atoms with van der Waals surface area (Å²) in [6.45, 7) is 4.07. The molecule has 0 radical (unpaired) electrons. The zero-order chi connectivity index (χ0) is 18.9. The Morgan fingerprint density at radius 2 is 1.69 bits per heavy atom. The van der Waals surface area contributed by atoms with Gasteiger partial charge in [-0.15, -0.1) is 0 Å². The van der Waals surface area contributed by atoms with E-state index in [2.05, 4.69) is 22.0 Å². The number of nitrogens with zero attached hydrogens (tertiary/aromatic N) is 1. The van der Waals surface area contributed by atoms with Crippen molar-refractivity contribution in [1.29, 1.82) is 5.26 Å². The minimum atomic E-state index is -0.655. The fourth-order valence-corrected chi connectivity index (χ4v) is 2.36. The van der Waals surface area contributed by atoms with Gasteiger partial charge in [-0.2, -0.15) is 5.26 Å². The second kappa shape index (κ2) is 9.23. The van der Waals surface area contributed by atoms with Crippen molar-refractivity contribution in [1.82, 2.24) is 10.6 Å². The van der Waals surface area contributed by atoms with E-state index in [0.717, 1.165) is 5.56 Å². The van der Waals surface area contributed by atoms with E-state index in [-0.39, 0.29) is 11.8 Å². The first-order valence-corrected chi connectivity index (χ1v) is 8.39. The van der Waals surface area contributed by atoms with Crippen molar-refractivity contribution < 1.29 is 9.59 Å². The molecule has 0 fully saturated rings. The molecule has 6 nitrogen and oxygen atoms in total. The number of para-hydroxylation sites is 1. The highest BCUT2D eigenvalue weighted by atomic mass is 16.2. The van der Waals surface area contributed by atoms with Gasteiger partial charge in [0.25, 0.3) is 0 Å². The van der Waals surface area contributed by atoms with Gasteiger partial charge in [-0.05, 0) is 35.7 Å². The molecule has 3 amide bonds. The van der Waals surface area contributed by atoms with Gasteiger partial charge >= 0.3 is 6.03 Å². The molecule has 2 rings (SSSR count). The highest BCUT2D eigenvalue weighted by Gasteiger charge is 2.24. The van der Waals surface area contributed by atoms with Gasteiger partial charge in [0.05, 0.1) is 11.6 Å². The van der Waals surface area contributed by atoms with Crippen LogP contribution in [0.3, 0.4) is 0 Å². The van der Waals surface area contributed by atoms with E-state index >= 15 is 0 Å². The van der Waals surface area contributed by atoms with Gasteiger partial charge < -0.3 is 16.0 Å². The number of rotatable bonds is 6. The van der Waals surface area contributed by atoms with Crippen LogP contribution in [0.2, 0.25) is 0 Å². The lowest BCUT2D eigenvalue weighted by atomic mass is 10.0. The number of urea groups is 1. The van der Waals surface area contributed by atoms with E-state index in [1.807, 2.05) is 32.0 Å². The van der Waals surface area contributed by atoms with E-state index in [1.165, 1.54) is 0 Å². The van der Waals surface area contributed by atoms with Gasteiger partial charge in [-0.1, -0.05) is 44.2 Å². The molecule has 0 heterocycles. The smallest absolute Gasteiger partial charge is 0.319 e. The Kier molecular flexibility index (Phi) is 6.75. The first kappa shape index (κ1) is 19.0. The summed E-state index contributed by atoms with van der Waals surface area (Å²) in [4.78, 5) is 24.6. The Balaban J connectivity index is 1.91. The average molecular weight is 350 g/mol. The Hall–Kier alpha value is -3.33. The van der Waals surface area contributed by atoms with Gasteiger partial charge in [0.2, 0.25) is 5.91 Å². The second-order valence-electron chi connectivity index (χ2n) is 6.21. The largest absolute Gasteiger partial charge is 0.350 e. The standard InChI is InChI=1S/C20H22N4O2/c1-14(2)18(24-20(26)23-17-6-4-3-5-7-17)19(25)22-13-16-10-8-15(12-21)9-11-16/h3-11,14,18H,13H2,1-2H3,(H,22,25)(H2,23,24,26). The molecule has 0 aliphatic heterocycles. The Labute approximate surface area is 153 Å². The number of carbonyl (C=O) groups excluding carboxylic acids is 2. The average Bonchev–Trinajstić information content (AvgIpc) is 2.65. The summed E-state index contributed by atoms with van der Waals surface area (Å²) in [5.41, 5.74) is 2.11. The number of nitrogens with one attached hydrogen (secondary N) is 3. The number of hydrogen-bond acceptors (Lipinski definition) is 3. The summed E-state index contributed by atoms with van der Waals surface area (Å²) >= 11 is 0. The van der Waals surface area contributed by atoms with E-state index in [1.54, 1.807) is 36.4 Å². The molecule has 0 aliphatic rings.